The van der Waals surface area contributed by atoms with E-state index in [0.717, 1.165) is 30.1 Å². The first kappa shape index (κ1) is 22.1. The molecule has 0 unspecified atom stereocenters. The van der Waals surface area contributed by atoms with Gasteiger partial charge in [0, 0.05) is 12.2 Å². The molecule has 0 heterocycles. The third kappa shape index (κ3) is 7.02. The van der Waals surface area contributed by atoms with Crippen LogP contribution in [0.2, 0.25) is 0 Å². The Morgan fingerprint density at radius 2 is 1.00 bits per heavy atom. The first-order chi connectivity index (χ1) is 14.8. The Bertz CT molecular complexity index is 1020. The lowest BCUT2D eigenvalue weighted by Crippen LogP contribution is -2.07. The number of halogens is 3. The monoisotopic (exact) mass is 425 g/mol. The van der Waals surface area contributed by atoms with E-state index in [9.17, 15) is 13.2 Å². The van der Waals surface area contributed by atoms with Gasteiger partial charge in [0.1, 0.15) is 0 Å². The van der Waals surface area contributed by atoms with Crippen molar-refractivity contribution >= 4 is 28.4 Å². The van der Waals surface area contributed by atoms with Crippen LogP contribution >= 0.6 is 0 Å². The van der Waals surface area contributed by atoms with Crippen LogP contribution in [-0.2, 0) is 6.18 Å². The fraction of sp³-hybridized carbons (Fsp3) is 0.217. The predicted molar refractivity (Wildman–Crippen MR) is 116 cm³/mol. The number of nitrogens with zero attached hydrogens (tertiary/aromatic N) is 4. The molecule has 0 saturated carbocycles. The molecule has 0 spiro atoms. The SMILES string of the molecule is CC(C)CNc1ccc(N=Nc2ccc(N=Nc3ccc(C(F)(F)F)cc3)cc2)cc1. The summed E-state index contributed by atoms with van der Waals surface area (Å²) >= 11 is 0. The molecular formula is C23H22F3N5. The number of benzene rings is 3. The minimum atomic E-state index is -4.37. The second-order valence-electron chi connectivity index (χ2n) is 7.28. The molecule has 160 valence electrons. The summed E-state index contributed by atoms with van der Waals surface area (Å²) < 4.78 is 37.7. The highest BCUT2D eigenvalue weighted by Crippen LogP contribution is 2.31. The van der Waals surface area contributed by atoms with Crippen molar-refractivity contribution in [2.75, 3.05) is 11.9 Å². The maximum absolute atomic E-state index is 12.6. The summed E-state index contributed by atoms with van der Waals surface area (Å²) in [5.41, 5.74) is 2.59. The van der Waals surface area contributed by atoms with Crippen LogP contribution in [-0.4, -0.2) is 6.54 Å². The highest BCUT2D eigenvalue weighted by atomic mass is 19.4. The van der Waals surface area contributed by atoms with Crippen molar-refractivity contribution in [1.29, 1.82) is 0 Å². The average Bonchev–Trinajstić information content (AvgIpc) is 2.76. The van der Waals surface area contributed by atoms with Gasteiger partial charge in [-0.3, -0.25) is 0 Å². The molecule has 0 aliphatic rings. The molecule has 0 aliphatic heterocycles. The molecule has 5 nitrogen and oxygen atoms in total. The van der Waals surface area contributed by atoms with E-state index in [2.05, 4.69) is 39.6 Å². The zero-order valence-electron chi connectivity index (χ0n) is 17.1. The van der Waals surface area contributed by atoms with Crippen molar-refractivity contribution in [3.8, 4) is 0 Å². The van der Waals surface area contributed by atoms with Crippen LogP contribution in [0, 0.1) is 5.92 Å². The molecule has 0 aliphatic carbocycles. The Labute approximate surface area is 178 Å². The zero-order chi connectivity index (χ0) is 22.3. The number of hydrogen-bond acceptors (Lipinski definition) is 5. The van der Waals surface area contributed by atoms with Gasteiger partial charge in [0.15, 0.2) is 0 Å². The van der Waals surface area contributed by atoms with Gasteiger partial charge in [0.25, 0.3) is 0 Å². The van der Waals surface area contributed by atoms with E-state index in [1.807, 2.05) is 24.3 Å². The van der Waals surface area contributed by atoms with Gasteiger partial charge >= 0.3 is 6.18 Å². The van der Waals surface area contributed by atoms with Crippen molar-refractivity contribution in [3.63, 3.8) is 0 Å². The highest BCUT2D eigenvalue weighted by Gasteiger charge is 2.29. The Balaban J connectivity index is 1.58. The highest BCUT2D eigenvalue weighted by molar-refractivity contribution is 5.52. The van der Waals surface area contributed by atoms with Crippen molar-refractivity contribution in [2.45, 2.75) is 20.0 Å². The minimum Gasteiger partial charge on any atom is -0.385 e. The summed E-state index contributed by atoms with van der Waals surface area (Å²) in [6.45, 7) is 5.21. The van der Waals surface area contributed by atoms with E-state index in [1.165, 1.54) is 12.1 Å². The van der Waals surface area contributed by atoms with E-state index in [-0.39, 0.29) is 0 Å². The second kappa shape index (κ2) is 9.97. The smallest absolute Gasteiger partial charge is 0.385 e. The summed E-state index contributed by atoms with van der Waals surface area (Å²) in [6.07, 6.45) is -4.37. The van der Waals surface area contributed by atoms with Gasteiger partial charge in [-0.2, -0.15) is 33.6 Å². The lowest BCUT2D eigenvalue weighted by atomic mass is 10.2. The van der Waals surface area contributed by atoms with E-state index in [1.54, 1.807) is 24.3 Å². The van der Waals surface area contributed by atoms with E-state index < -0.39 is 11.7 Å². The van der Waals surface area contributed by atoms with Gasteiger partial charge in [-0.15, -0.1) is 0 Å². The van der Waals surface area contributed by atoms with Crippen molar-refractivity contribution < 1.29 is 13.2 Å². The number of rotatable bonds is 7. The quantitative estimate of drug-likeness (QED) is 0.378. The Morgan fingerprint density at radius 1 is 0.645 bits per heavy atom. The first-order valence-corrected chi connectivity index (χ1v) is 9.74. The third-order valence-corrected chi connectivity index (χ3v) is 4.19. The maximum Gasteiger partial charge on any atom is 0.416 e. The molecule has 0 radical (unpaired) electrons. The number of nitrogens with one attached hydrogen (secondary N) is 1. The van der Waals surface area contributed by atoms with Crippen molar-refractivity contribution in [2.24, 2.45) is 26.4 Å². The fourth-order valence-electron chi connectivity index (χ4n) is 2.50. The van der Waals surface area contributed by atoms with Crippen LogP contribution in [0.25, 0.3) is 0 Å². The summed E-state index contributed by atoms with van der Waals surface area (Å²) in [7, 11) is 0. The number of hydrogen-bond donors (Lipinski definition) is 1. The summed E-state index contributed by atoms with van der Waals surface area (Å²) in [5.74, 6) is 0.566. The average molecular weight is 425 g/mol. The molecule has 3 rings (SSSR count). The lowest BCUT2D eigenvalue weighted by Gasteiger charge is -2.08. The van der Waals surface area contributed by atoms with Gasteiger partial charge in [0.2, 0.25) is 0 Å². The van der Waals surface area contributed by atoms with Crippen molar-refractivity contribution in [1.82, 2.24) is 0 Å². The molecule has 3 aromatic rings. The Morgan fingerprint density at radius 3 is 1.35 bits per heavy atom. The minimum absolute atomic E-state index is 0.336. The Hall–Kier alpha value is -3.55. The van der Waals surface area contributed by atoms with Crippen LogP contribution in [0.5, 0.6) is 0 Å². The van der Waals surface area contributed by atoms with Crippen LogP contribution in [0.4, 0.5) is 41.6 Å². The van der Waals surface area contributed by atoms with Gasteiger partial charge in [-0.25, -0.2) is 0 Å². The number of alkyl halides is 3. The van der Waals surface area contributed by atoms with E-state index >= 15 is 0 Å². The van der Waals surface area contributed by atoms with E-state index in [4.69, 9.17) is 0 Å². The summed E-state index contributed by atoms with van der Waals surface area (Å²) in [4.78, 5) is 0. The molecule has 31 heavy (non-hydrogen) atoms. The van der Waals surface area contributed by atoms with Crippen LogP contribution in [0.3, 0.4) is 0 Å². The maximum atomic E-state index is 12.6. The molecule has 1 N–H and O–H groups in total. The Kier molecular flexibility index (Phi) is 7.12. The van der Waals surface area contributed by atoms with Crippen LogP contribution in [0.15, 0.2) is 93.3 Å². The normalized spacial score (nSPS) is 12.2. The third-order valence-electron chi connectivity index (χ3n) is 4.19. The molecule has 0 saturated heterocycles. The van der Waals surface area contributed by atoms with Crippen LogP contribution in [0.1, 0.15) is 19.4 Å². The summed E-state index contributed by atoms with van der Waals surface area (Å²) in [5, 5.41) is 19.7. The largest absolute Gasteiger partial charge is 0.416 e. The molecular weight excluding hydrogens is 403 g/mol. The van der Waals surface area contributed by atoms with Gasteiger partial charge in [-0.1, -0.05) is 13.8 Å². The van der Waals surface area contributed by atoms with Gasteiger partial charge in [-0.05, 0) is 78.7 Å². The molecule has 0 amide bonds. The first-order valence-electron chi connectivity index (χ1n) is 9.74. The molecule has 0 atom stereocenters. The fourth-order valence-corrected chi connectivity index (χ4v) is 2.50. The predicted octanol–water partition coefficient (Wildman–Crippen LogP) is 8.60. The van der Waals surface area contributed by atoms with Crippen LogP contribution < -0.4 is 5.32 Å². The summed E-state index contributed by atoms with van der Waals surface area (Å²) in [6, 6.07) is 19.1. The zero-order valence-corrected chi connectivity index (χ0v) is 17.1. The van der Waals surface area contributed by atoms with E-state index in [0.29, 0.717) is 23.0 Å². The molecule has 8 heteroatoms. The van der Waals surface area contributed by atoms with Gasteiger partial charge < -0.3 is 5.32 Å². The molecule has 0 aromatic heterocycles. The number of anilines is 1. The lowest BCUT2D eigenvalue weighted by molar-refractivity contribution is -0.137. The molecule has 0 bridgehead atoms. The number of azo groups is 2. The van der Waals surface area contributed by atoms with Gasteiger partial charge in [0.05, 0.1) is 28.3 Å². The van der Waals surface area contributed by atoms with Crippen molar-refractivity contribution in [3.05, 3.63) is 78.4 Å². The molecule has 0 fully saturated rings. The second-order valence-corrected chi connectivity index (χ2v) is 7.28. The topological polar surface area (TPSA) is 61.5 Å². The standard InChI is InChI=1S/C23H22F3N5/c1-16(2)15-27-18-7-9-20(10-8-18)29-31-22-13-11-21(12-14-22)30-28-19-5-3-17(4-6-19)23(24,25)26/h3-14,16,27H,15H2,1-2H3. The molecule has 3 aromatic carbocycles.